The molecule has 0 amide bonds. The Morgan fingerprint density at radius 3 is 2.76 bits per heavy atom. The van der Waals surface area contributed by atoms with Gasteiger partial charge in [0, 0.05) is 0 Å². The Labute approximate surface area is 110 Å². The third-order valence-electron chi connectivity index (χ3n) is 1.90. The first-order chi connectivity index (χ1) is 8.08. The lowest BCUT2D eigenvalue weighted by Gasteiger charge is -2.02. The van der Waals surface area contributed by atoms with Crippen LogP contribution in [-0.2, 0) is 0 Å². The van der Waals surface area contributed by atoms with Crippen molar-refractivity contribution in [1.82, 2.24) is 4.98 Å². The molecule has 0 fully saturated rings. The van der Waals surface area contributed by atoms with Gasteiger partial charge in [-0.25, -0.2) is 9.78 Å². The molecule has 7 heteroatoms. The van der Waals surface area contributed by atoms with Gasteiger partial charge in [0.1, 0.15) is 0 Å². The van der Waals surface area contributed by atoms with E-state index in [0.29, 0.717) is 20.5 Å². The van der Waals surface area contributed by atoms with Crippen LogP contribution in [0.4, 0.5) is 4.79 Å². The summed E-state index contributed by atoms with van der Waals surface area (Å²) in [7, 11) is 0. The van der Waals surface area contributed by atoms with Gasteiger partial charge in [-0.05, 0) is 17.7 Å². The van der Waals surface area contributed by atoms with Gasteiger partial charge in [0.2, 0.25) is 5.88 Å². The average Bonchev–Trinajstić information content (AvgIpc) is 2.69. The van der Waals surface area contributed by atoms with E-state index in [1.54, 1.807) is 18.2 Å². The Morgan fingerprint density at radius 1 is 1.35 bits per heavy atom. The van der Waals surface area contributed by atoms with E-state index < -0.39 is 6.16 Å². The van der Waals surface area contributed by atoms with Crippen LogP contribution in [0, 0.1) is 0 Å². The molecule has 1 aromatic heterocycles. The number of carboxylic acid groups (broad SMARTS) is 1. The van der Waals surface area contributed by atoms with Crippen LogP contribution in [0.3, 0.4) is 0 Å². The number of thiazole rings is 1. The van der Waals surface area contributed by atoms with Gasteiger partial charge in [-0.3, -0.25) is 0 Å². The molecule has 0 atom stereocenters. The summed E-state index contributed by atoms with van der Waals surface area (Å²) in [5.74, 6) is 0.0425. The van der Waals surface area contributed by atoms with Crippen molar-refractivity contribution in [3.8, 4) is 16.3 Å². The highest BCUT2D eigenvalue weighted by Gasteiger charge is 2.14. The van der Waals surface area contributed by atoms with Crippen LogP contribution in [-0.4, -0.2) is 16.2 Å². The van der Waals surface area contributed by atoms with Gasteiger partial charge >= 0.3 is 6.16 Å². The number of halogens is 2. The number of hydrogen-bond acceptors (Lipinski definition) is 4. The molecule has 2 aromatic rings. The molecule has 0 aliphatic carbocycles. The lowest BCUT2D eigenvalue weighted by molar-refractivity contribution is 0.143. The van der Waals surface area contributed by atoms with Crippen molar-refractivity contribution < 1.29 is 14.6 Å². The molecule has 88 valence electrons. The van der Waals surface area contributed by atoms with Crippen molar-refractivity contribution in [3.63, 3.8) is 0 Å². The van der Waals surface area contributed by atoms with Crippen molar-refractivity contribution in [3.05, 3.63) is 33.8 Å². The summed E-state index contributed by atoms with van der Waals surface area (Å²) >= 11 is 12.9. The van der Waals surface area contributed by atoms with Gasteiger partial charge in [-0.15, -0.1) is 11.3 Å². The van der Waals surface area contributed by atoms with E-state index in [2.05, 4.69) is 9.72 Å². The number of benzene rings is 1. The Bertz CT molecular complexity index is 570. The maximum Gasteiger partial charge on any atom is 0.512 e. The fourth-order valence-electron chi connectivity index (χ4n) is 1.22. The second-order valence-corrected chi connectivity index (χ2v) is 4.65. The Morgan fingerprint density at radius 2 is 2.12 bits per heavy atom. The molecule has 1 aromatic carbocycles. The molecule has 2 rings (SSSR count). The summed E-state index contributed by atoms with van der Waals surface area (Å²) in [6, 6.07) is 4.98. The highest BCUT2D eigenvalue weighted by molar-refractivity contribution is 7.13. The van der Waals surface area contributed by atoms with E-state index in [-0.39, 0.29) is 5.88 Å². The molecule has 0 saturated heterocycles. The van der Waals surface area contributed by atoms with Gasteiger partial charge in [-0.2, -0.15) is 0 Å². The quantitative estimate of drug-likeness (QED) is 0.843. The maximum absolute atomic E-state index is 10.5. The van der Waals surface area contributed by atoms with E-state index in [0.717, 1.165) is 0 Å². The lowest BCUT2D eigenvalue weighted by atomic mass is 10.2. The van der Waals surface area contributed by atoms with E-state index in [1.165, 1.54) is 16.8 Å². The van der Waals surface area contributed by atoms with Gasteiger partial charge < -0.3 is 9.84 Å². The fraction of sp³-hybridized carbons (Fsp3) is 0. The van der Waals surface area contributed by atoms with Crippen molar-refractivity contribution in [2.24, 2.45) is 0 Å². The molecule has 0 bridgehead atoms. The number of carbonyl (C=O) groups is 1. The molecule has 0 radical (unpaired) electrons. The molecule has 0 spiro atoms. The Hall–Kier alpha value is -1.30. The van der Waals surface area contributed by atoms with E-state index in [1.807, 2.05) is 0 Å². The van der Waals surface area contributed by atoms with Crippen LogP contribution in [0.5, 0.6) is 5.88 Å². The summed E-state index contributed by atoms with van der Waals surface area (Å²) in [6.45, 7) is 0. The molecule has 0 aliphatic heterocycles. The van der Waals surface area contributed by atoms with Crippen LogP contribution >= 0.6 is 34.5 Å². The molecule has 1 N–H and O–H groups in total. The first-order valence-electron chi connectivity index (χ1n) is 4.37. The van der Waals surface area contributed by atoms with Crippen LogP contribution in [0.1, 0.15) is 0 Å². The molecule has 0 unspecified atom stereocenters. The highest BCUT2D eigenvalue weighted by Crippen LogP contribution is 2.36. The first kappa shape index (κ1) is 12.2. The zero-order valence-corrected chi connectivity index (χ0v) is 10.5. The summed E-state index contributed by atoms with van der Waals surface area (Å²) in [5, 5.41) is 9.37. The minimum atomic E-state index is -1.41. The van der Waals surface area contributed by atoms with Gasteiger partial charge in [0.25, 0.3) is 0 Å². The van der Waals surface area contributed by atoms with Crippen molar-refractivity contribution in [2.75, 3.05) is 0 Å². The number of aromatic nitrogens is 1. The third kappa shape index (κ3) is 2.69. The topological polar surface area (TPSA) is 59.4 Å². The smallest absolute Gasteiger partial charge is 0.449 e. The largest absolute Gasteiger partial charge is 0.512 e. The summed E-state index contributed by atoms with van der Waals surface area (Å²) in [5.41, 5.74) is 2.20. The van der Waals surface area contributed by atoms with Crippen molar-refractivity contribution >= 4 is 40.7 Å². The molecule has 1 heterocycles. The molecular weight excluding hydrogens is 285 g/mol. The number of nitrogens with zero attached hydrogens (tertiary/aromatic N) is 1. The average molecular weight is 290 g/mol. The van der Waals surface area contributed by atoms with Gasteiger partial charge in [-0.1, -0.05) is 29.3 Å². The van der Waals surface area contributed by atoms with Crippen molar-refractivity contribution in [2.45, 2.75) is 0 Å². The van der Waals surface area contributed by atoms with E-state index in [9.17, 15) is 4.79 Å². The number of rotatable bonds is 2. The normalized spacial score (nSPS) is 10.2. The zero-order valence-electron chi connectivity index (χ0n) is 8.18. The predicted molar refractivity (Wildman–Crippen MR) is 66.2 cm³/mol. The van der Waals surface area contributed by atoms with Crippen LogP contribution < -0.4 is 4.74 Å². The SMILES string of the molecule is O=C(O)Oc1ncsc1-c1ccc(Cl)c(Cl)c1. The predicted octanol–water partition coefficient (Wildman–Crippen LogP) is 4.17. The molecule has 4 nitrogen and oxygen atoms in total. The van der Waals surface area contributed by atoms with Crippen LogP contribution in [0.15, 0.2) is 23.7 Å². The Kier molecular flexibility index (Phi) is 3.51. The fourth-order valence-corrected chi connectivity index (χ4v) is 2.23. The molecule has 0 saturated carbocycles. The first-order valence-corrected chi connectivity index (χ1v) is 6.01. The second kappa shape index (κ2) is 4.91. The molecular formula is C10H5Cl2NO3S. The van der Waals surface area contributed by atoms with Crippen LogP contribution in [0.2, 0.25) is 10.0 Å². The zero-order chi connectivity index (χ0) is 12.4. The lowest BCUT2D eigenvalue weighted by Crippen LogP contribution is -2.03. The second-order valence-electron chi connectivity index (χ2n) is 2.98. The molecule has 17 heavy (non-hydrogen) atoms. The summed E-state index contributed by atoms with van der Waals surface area (Å²) in [6.07, 6.45) is -1.41. The number of ether oxygens (including phenoxy) is 1. The maximum atomic E-state index is 10.5. The summed E-state index contributed by atoms with van der Waals surface area (Å²) < 4.78 is 4.55. The number of hydrogen-bond donors (Lipinski definition) is 1. The van der Waals surface area contributed by atoms with E-state index in [4.69, 9.17) is 28.3 Å². The van der Waals surface area contributed by atoms with Gasteiger partial charge in [0.05, 0.1) is 20.4 Å². The van der Waals surface area contributed by atoms with Gasteiger partial charge in [0.15, 0.2) is 0 Å². The monoisotopic (exact) mass is 289 g/mol. The molecule has 0 aliphatic rings. The van der Waals surface area contributed by atoms with Crippen LogP contribution in [0.25, 0.3) is 10.4 Å². The highest BCUT2D eigenvalue weighted by atomic mass is 35.5. The van der Waals surface area contributed by atoms with Crippen molar-refractivity contribution in [1.29, 1.82) is 0 Å². The third-order valence-corrected chi connectivity index (χ3v) is 3.50. The Balaban J connectivity index is 2.42. The van der Waals surface area contributed by atoms with E-state index >= 15 is 0 Å². The summed E-state index contributed by atoms with van der Waals surface area (Å²) in [4.78, 5) is 14.9. The minimum Gasteiger partial charge on any atom is -0.449 e. The minimum absolute atomic E-state index is 0.0425. The standard InChI is InChI=1S/C10H5Cl2NO3S/c11-6-2-1-5(3-7(6)12)8-9(13-4-17-8)16-10(14)15/h1-4H,(H,14,15).